The highest BCUT2D eigenvalue weighted by Crippen LogP contribution is 2.20. The maximum atomic E-state index is 12.5. The molecule has 0 spiro atoms. The van der Waals surface area contributed by atoms with E-state index in [9.17, 15) is 8.42 Å². The van der Waals surface area contributed by atoms with Gasteiger partial charge in [-0.1, -0.05) is 0 Å². The molecule has 0 saturated carbocycles. The average molecular weight is 308 g/mol. The number of hydrogen-bond acceptors (Lipinski definition) is 4. The lowest BCUT2D eigenvalue weighted by molar-refractivity contribution is 0.600. The average Bonchev–Trinajstić information content (AvgIpc) is 2.86. The van der Waals surface area contributed by atoms with Crippen LogP contribution in [0.15, 0.2) is 35.5 Å². The SMILES string of the molecule is CCn1cc(S(=O)(=O)Nc2cccnc2C)cc1CNC. The summed E-state index contributed by atoms with van der Waals surface area (Å²) in [4.78, 5) is 4.35. The Hall–Kier alpha value is -1.86. The summed E-state index contributed by atoms with van der Waals surface area (Å²) in [5.41, 5.74) is 2.08. The van der Waals surface area contributed by atoms with Crippen LogP contribution >= 0.6 is 0 Å². The Morgan fingerprint density at radius 3 is 2.76 bits per heavy atom. The Balaban J connectivity index is 2.34. The molecule has 0 bridgehead atoms. The zero-order valence-corrected chi connectivity index (χ0v) is 13.2. The van der Waals surface area contributed by atoms with Crippen LogP contribution in [0, 0.1) is 6.92 Å². The molecule has 0 radical (unpaired) electrons. The molecule has 0 aromatic carbocycles. The van der Waals surface area contributed by atoms with Gasteiger partial charge < -0.3 is 9.88 Å². The molecular weight excluding hydrogens is 288 g/mol. The van der Waals surface area contributed by atoms with Gasteiger partial charge >= 0.3 is 0 Å². The zero-order valence-electron chi connectivity index (χ0n) is 12.4. The molecule has 2 aromatic rings. The summed E-state index contributed by atoms with van der Waals surface area (Å²) in [6, 6.07) is 5.09. The Bertz CT molecular complexity index is 722. The van der Waals surface area contributed by atoms with Gasteiger partial charge in [-0.25, -0.2) is 8.42 Å². The lowest BCUT2D eigenvalue weighted by Gasteiger charge is -2.08. The second-order valence-electron chi connectivity index (χ2n) is 4.73. The zero-order chi connectivity index (χ0) is 15.5. The van der Waals surface area contributed by atoms with Crippen molar-refractivity contribution in [3.8, 4) is 0 Å². The molecule has 0 aliphatic heterocycles. The third kappa shape index (κ3) is 3.43. The lowest BCUT2D eigenvalue weighted by atomic mass is 10.3. The predicted molar refractivity (Wildman–Crippen MR) is 82.7 cm³/mol. The van der Waals surface area contributed by atoms with E-state index in [2.05, 4.69) is 15.0 Å². The van der Waals surface area contributed by atoms with Gasteiger partial charge in [-0.3, -0.25) is 9.71 Å². The van der Waals surface area contributed by atoms with Crippen molar-refractivity contribution in [1.82, 2.24) is 14.9 Å². The lowest BCUT2D eigenvalue weighted by Crippen LogP contribution is -2.13. The van der Waals surface area contributed by atoms with Gasteiger partial charge in [-0.05, 0) is 39.1 Å². The molecule has 2 rings (SSSR count). The highest BCUT2D eigenvalue weighted by atomic mass is 32.2. The highest BCUT2D eigenvalue weighted by Gasteiger charge is 2.19. The van der Waals surface area contributed by atoms with E-state index in [1.165, 1.54) is 0 Å². The van der Waals surface area contributed by atoms with Crippen molar-refractivity contribution >= 4 is 15.7 Å². The quantitative estimate of drug-likeness (QED) is 0.852. The summed E-state index contributed by atoms with van der Waals surface area (Å²) in [5, 5.41) is 3.04. The number of anilines is 1. The molecular formula is C14H20N4O2S. The first kappa shape index (κ1) is 15.5. The Morgan fingerprint density at radius 2 is 2.14 bits per heavy atom. The first-order valence-electron chi connectivity index (χ1n) is 6.76. The van der Waals surface area contributed by atoms with Crippen molar-refractivity contribution in [2.45, 2.75) is 31.8 Å². The molecule has 0 atom stereocenters. The molecule has 0 amide bonds. The summed E-state index contributed by atoms with van der Waals surface area (Å²) in [6.45, 7) is 5.09. The van der Waals surface area contributed by atoms with Crippen LogP contribution in [0.4, 0.5) is 5.69 Å². The molecule has 21 heavy (non-hydrogen) atoms. The molecule has 0 aliphatic carbocycles. The van der Waals surface area contributed by atoms with Crippen LogP contribution in [0.1, 0.15) is 18.3 Å². The van der Waals surface area contributed by atoms with E-state index in [-0.39, 0.29) is 4.90 Å². The van der Waals surface area contributed by atoms with Crippen molar-refractivity contribution < 1.29 is 8.42 Å². The van der Waals surface area contributed by atoms with Crippen molar-refractivity contribution in [2.75, 3.05) is 11.8 Å². The second kappa shape index (κ2) is 6.28. The van der Waals surface area contributed by atoms with E-state index in [1.54, 1.807) is 37.5 Å². The summed E-state index contributed by atoms with van der Waals surface area (Å²) < 4.78 is 29.4. The Morgan fingerprint density at radius 1 is 1.38 bits per heavy atom. The Kier molecular flexibility index (Phi) is 4.64. The fourth-order valence-electron chi connectivity index (χ4n) is 2.09. The number of aryl methyl sites for hydroxylation is 2. The standard InChI is InChI=1S/C14H20N4O2S/c1-4-18-10-13(8-12(18)9-15-3)21(19,20)17-14-6-5-7-16-11(14)2/h5-8,10,15,17H,4,9H2,1-3H3. The first-order chi connectivity index (χ1) is 9.97. The van der Waals surface area contributed by atoms with E-state index >= 15 is 0 Å². The van der Waals surface area contributed by atoms with E-state index in [1.807, 2.05) is 18.5 Å². The van der Waals surface area contributed by atoms with Crippen LogP contribution in [-0.2, 0) is 23.1 Å². The van der Waals surface area contributed by atoms with Gasteiger partial charge in [0.25, 0.3) is 10.0 Å². The number of sulfonamides is 1. The van der Waals surface area contributed by atoms with Gasteiger partial charge in [-0.15, -0.1) is 0 Å². The summed E-state index contributed by atoms with van der Waals surface area (Å²) in [5.74, 6) is 0. The number of nitrogens with one attached hydrogen (secondary N) is 2. The van der Waals surface area contributed by atoms with Gasteiger partial charge in [0.15, 0.2) is 0 Å². The topological polar surface area (TPSA) is 76.0 Å². The molecule has 0 unspecified atom stereocenters. The van der Waals surface area contributed by atoms with Crippen molar-refractivity contribution in [3.05, 3.63) is 42.0 Å². The van der Waals surface area contributed by atoms with Gasteiger partial charge in [0.05, 0.1) is 11.4 Å². The maximum Gasteiger partial charge on any atom is 0.263 e. The summed E-state index contributed by atoms with van der Waals surface area (Å²) in [6.07, 6.45) is 3.28. The second-order valence-corrected chi connectivity index (χ2v) is 6.41. The molecule has 6 nitrogen and oxygen atoms in total. The number of aromatic nitrogens is 2. The fourth-order valence-corrected chi connectivity index (χ4v) is 3.27. The van der Waals surface area contributed by atoms with E-state index in [0.29, 0.717) is 17.9 Å². The molecule has 0 saturated heterocycles. The van der Waals surface area contributed by atoms with Gasteiger partial charge in [0.1, 0.15) is 4.90 Å². The number of pyridine rings is 1. The minimum atomic E-state index is -3.60. The number of hydrogen-bond donors (Lipinski definition) is 2. The van der Waals surface area contributed by atoms with Crippen LogP contribution in [-0.4, -0.2) is 25.0 Å². The van der Waals surface area contributed by atoms with E-state index in [0.717, 1.165) is 12.2 Å². The van der Waals surface area contributed by atoms with Gasteiger partial charge in [0, 0.05) is 31.2 Å². The largest absolute Gasteiger partial charge is 0.349 e. The van der Waals surface area contributed by atoms with Crippen molar-refractivity contribution in [2.24, 2.45) is 0 Å². The molecule has 7 heteroatoms. The van der Waals surface area contributed by atoms with Crippen molar-refractivity contribution in [1.29, 1.82) is 0 Å². The third-order valence-corrected chi connectivity index (χ3v) is 4.55. The molecule has 0 fully saturated rings. The monoisotopic (exact) mass is 308 g/mol. The predicted octanol–water partition coefficient (Wildman–Crippen LogP) is 1.73. The van der Waals surface area contributed by atoms with Crippen LogP contribution in [0.5, 0.6) is 0 Å². The van der Waals surface area contributed by atoms with Crippen molar-refractivity contribution in [3.63, 3.8) is 0 Å². The smallest absolute Gasteiger partial charge is 0.263 e. The van der Waals surface area contributed by atoms with Crippen LogP contribution in [0.3, 0.4) is 0 Å². The summed E-state index contributed by atoms with van der Waals surface area (Å²) >= 11 is 0. The van der Waals surface area contributed by atoms with Crippen LogP contribution in [0.25, 0.3) is 0 Å². The number of rotatable bonds is 6. The van der Waals surface area contributed by atoms with Crippen LogP contribution < -0.4 is 10.0 Å². The molecule has 2 aromatic heterocycles. The van der Waals surface area contributed by atoms with Gasteiger partial charge in [0.2, 0.25) is 0 Å². The molecule has 114 valence electrons. The van der Waals surface area contributed by atoms with Gasteiger partial charge in [-0.2, -0.15) is 0 Å². The highest BCUT2D eigenvalue weighted by molar-refractivity contribution is 7.92. The normalized spacial score (nSPS) is 11.6. The fraction of sp³-hybridized carbons (Fsp3) is 0.357. The van der Waals surface area contributed by atoms with E-state index in [4.69, 9.17) is 0 Å². The van der Waals surface area contributed by atoms with Crippen LogP contribution in [0.2, 0.25) is 0 Å². The first-order valence-corrected chi connectivity index (χ1v) is 8.24. The minimum Gasteiger partial charge on any atom is -0.349 e. The molecule has 2 N–H and O–H groups in total. The molecule has 0 aliphatic rings. The molecule has 2 heterocycles. The summed E-state index contributed by atoms with van der Waals surface area (Å²) in [7, 11) is -1.77. The number of nitrogens with zero attached hydrogens (tertiary/aromatic N) is 2. The third-order valence-electron chi connectivity index (χ3n) is 3.22. The minimum absolute atomic E-state index is 0.262. The maximum absolute atomic E-state index is 12.5. The Labute approximate surface area is 125 Å². The van der Waals surface area contributed by atoms with E-state index < -0.39 is 10.0 Å².